The average Bonchev–Trinajstić information content (AvgIpc) is 3.55. The smallest absolute Gasteiger partial charge is 0.312 e. The maximum Gasteiger partial charge on any atom is 0.312 e. The van der Waals surface area contributed by atoms with E-state index in [0.29, 0.717) is 18.4 Å². The number of rotatable bonds is 3. The number of ether oxygens (including phenoxy) is 5. The molecule has 0 radical (unpaired) electrons. The summed E-state index contributed by atoms with van der Waals surface area (Å²) in [7, 11) is 0. The molecule has 0 amide bonds. The molecule has 10 atom stereocenters. The van der Waals surface area contributed by atoms with Crippen molar-refractivity contribution in [1.29, 1.82) is 0 Å². The van der Waals surface area contributed by atoms with Crippen LogP contribution in [0.15, 0.2) is 24.3 Å². The van der Waals surface area contributed by atoms with Crippen LogP contribution in [-0.4, -0.2) is 76.6 Å². The molecule has 10 nitrogen and oxygen atoms in total. The summed E-state index contributed by atoms with van der Waals surface area (Å²) in [5.74, 6) is -4.70. The Kier molecular flexibility index (Phi) is 7.01. The zero-order valence-corrected chi connectivity index (χ0v) is 22.3. The first-order valence-electron chi connectivity index (χ1n) is 12.3. The Morgan fingerprint density at radius 1 is 1.14 bits per heavy atom. The fourth-order valence-electron chi connectivity index (χ4n) is 6.27. The number of alkyl halides is 1. The molecule has 37 heavy (non-hydrogen) atoms. The van der Waals surface area contributed by atoms with Crippen LogP contribution in [0.5, 0.6) is 0 Å². The number of epoxide rings is 1. The number of halogens is 1. The van der Waals surface area contributed by atoms with Crippen LogP contribution in [0.2, 0.25) is 0 Å². The van der Waals surface area contributed by atoms with E-state index in [-0.39, 0.29) is 6.61 Å². The van der Waals surface area contributed by atoms with Crippen molar-refractivity contribution in [1.82, 2.24) is 0 Å². The number of hydrogen-bond donors (Lipinski definition) is 1. The summed E-state index contributed by atoms with van der Waals surface area (Å²) in [5.41, 5.74) is -3.99. The predicted molar refractivity (Wildman–Crippen MR) is 128 cm³/mol. The van der Waals surface area contributed by atoms with Crippen molar-refractivity contribution < 1.29 is 48.0 Å². The summed E-state index contributed by atoms with van der Waals surface area (Å²) in [6, 6.07) is 0. The minimum atomic E-state index is -2.12. The van der Waals surface area contributed by atoms with Crippen molar-refractivity contribution in [2.24, 2.45) is 17.3 Å². The number of hydrogen-bond acceptors (Lipinski definition) is 10. The third kappa shape index (κ3) is 4.36. The van der Waals surface area contributed by atoms with E-state index < -0.39 is 82.1 Å². The van der Waals surface area contributed by atoms with Gasteiger partial charge in [0, 0.05) is 26.7 Å². The van der Waals surface area contributed by atoms with E-state index >= 15 is 0 Å². The molecular formula is C26H33ClO10. The molecule has 1 spiro atoms. The molecule has 3 fully saturated rings. The van der Waals surface area contributed by atoms with Gasteiger partial charge in [-0.15, -0.1) is 11.6 Å². The van der Waals surface area contributed by atoms with E-state index in [1.54, 1.807) is 19.1 Å². The Hall–Kier alpha value is -2.43. The minimum Gasteiger partial charge on any atom is -0.462 e. The molecule has 4 rings (SSSR count). The standard InChI is InChI=1S/C26H33ClO10/c1-12-7-8-17(34-14(3)28)24(6)18(35-15(4)29)9-10-25(11-33-25)20(27)22-26(32,13(2)23(31)37-22)21(19(12)24)36-16(5)30/h9-10,13,17-22,32H,1,7-8,11H2,2-6H3. The second-order valence-electron chi connectivity index (χ2n) is 10.7. The van der Waals surface area contributed by atoms with Crippen LogP contribution in [0.1, 0.15) is 47.5 Å². The number of esters is 4. The molecule has 10 unspecified atom stereocenters. The highest BCUT2D eigenvalue weighted by atomic mass is 35.5. The van der Waals surface area contributed by atoms with Gasteiger partial charge in [-0.25, -0.2) is 0 Å². The van der Waals surface area contributed by atoms with E-state index in [1.165, 1.54) is 27.7 Å². The van der Waals surface area contributed by atoms with Crippen LogP contribution in [0, 0.1) is 17.3 Å². The third-order valence-corrected chi connectivity index (χ3v) is 8.90. The van der Waals surface area contributed by atoms with Crippen LogP contribution < -0.4 is 0 Å². The molecule has 2 heterocycles. The Morgan fingerprint density at radius 2 is 1.73 bits per heavy atom. The van der Waals surface area contributed by atoms with Crippen molar-refractivity contribution in [2.45, 2.75) is 88.5 Å². The molecule has 0 aromatic rings. The van der Waals surface area contributed by atoms with Crippen LogP contribution in [-0.2, 0) is 42.9 Å². The topological polar surface area (TPSA) is 138 Å². The van der Waals surface area contributed by atoms with Crippen LogP contribution in [0.4, 0.5) is 0 Å². The first kappa shape index (κ1) is 27.6. The van der Waals surface area contributed by atoms with Crippen LogP contribution in [0.25, 0.3) is 0 Å². The Labute approximate surface area is 220 Å². The van der Waals surface area contributed by atoms with E-state index in [1.807, 2.05) is 0 Å². The first-order chi connectivity index (χ1) is 17.2. The summed E-state index contributed by atoms with van der Waals surface area (Å²) in [4.78, 5) is 49.8. The molecule has 11 heteroatoms. The van der Waals surface area contributed by atoms with Gasteiger partial charge >= 0.3 is 23.9 Å². The van der Waals surface area contributed by atoms with Crippen molar-refractivity contribution in [2.75, 3.05) is 6.61 Å². The van der Waals surface area contributed by atoms with E-state index in [0.717, 1.165) is 0 Å². The number of fused-ring (bicyclic) bond motifs is 2. The molecule has 1 N–H and O–H groups in total. The summed E-state index contributed by atoms with van der Waals surface area (Å²) >= 11 is 6.84. The lowest BCUT2D eigenvalue weighted by atomic mass is 9.55. The zero-order chi connectivity index (χ0) is 27.5. The fourth-order valence-corrected chi connectivity index (χ4v) is 6.72. The van der Waals surface area contributed by atoms with Crippen LogP contribution >= 0.6 is 11.6 Å². The lowest BCUT2D eigenvalue weighted by Crippen LogP contribution is -2.67. The maximum absolute atomic E-state index is 12.9. The van der Waals surface area contributed by atoms with Gasteiger partial charge in [-0.2, -0.15) is 0 Å². The molecule has 0 bridgehead atoms. The van der Waals surface area contributed by atoms with Gasteiger partial charge in [0.2, 0.25) is 0 Å². The predicted octanol–water partition coefficient (Wildman–Crippen LogP) is 1.99. The van der Waals surface area contributed by atoms with E-state index in [2.05, 4.69) is 6.58 Å². The van der Waals surface area contributed by atoms with Crippen molar-refractivity contribution in [3.05, 3.63) is 24.3 Å². The lowest BCUT2D eigenvalue weighted by Gasteiger charge is -2.55. The molecule has 2 aliphatic heterocycles. The van der Waals surface area contributed by atoms with E-state index in [9.17, 15) is 24.3 Å². The van der Waals surface area contributed by atoms with Crippen molar-refractivity contribution in [3.63, 3.8) is 0 Å². The number of aliphatic hydroxyl groups is 1. The van der Waals surface area contributed by atoms with Gasteiger partial charge in [-0.3, -0.25) is 19.2 Å². The van der Waals surface area contributed by atoms with E-state index in [4.69, 9.17) is 35.3 Å². The molecule has 0 aromatic carbocycles. The second kappa shape index (κ2) is 9.39. The van der Waals surface area contributed by atoms with Gasteiger partial charge in [0.05, 0.1) is 17.9 Å². The largest absolute Gasteiger partial charge is 0.462 e. The normalized spacial score (nSPS) is 44.8. The zero-order valence-electron chi connectivity index (χ0n) is 21.5. The molecular weight excluding hydrogens is 508 g/mol. The summed E-state index contributed by atoms with van der Waals surface area (Å²) in [5, 5.41) is 11.3. The third-order valence-electron chi connectivity index (χ3n) is 8.31. The quantitative estimate of drug-likeness (QED) is 0.186. The van der Waals surface area contributed by atoms with Gasteiger partial charge in [-0.05, 0) is 31.9 Å². The van der Waals surface area contributed by atoms with Gasteiger partial charge < -0.3 is 28.8 Å². The highest BCUT2D eigenvalue weighted by molar-refractivity contribution is 6.22. The average molecular weight is 541 g/mol. The fraction of sp³-hybridized carbons (Fsp3) is 0.692. The van der Waals surface area contributed by atoms with Gasteiger partial charge in [0.25, 0.3) is 0 Å². The Bertz CT molecular complexity index is 1050. The van der Waals surface area contributed by atoms with Gasteiger partial charge in [0.15, 0.2) is 11.7 Å². The Balaban J connectivity index is 2.03. The minimum absolute atomic E-state index is 0.154. The lowest BCUT2D eigenvalue weighted by molar-refractivity contribution is -0.218. The number of carbonyl (C=O) groups excluding carboxylic acids is 4. The second-order valence-corrected chi connectivity index (χ2v) is 11.1. The Morgan fingerprint density at radius 3 is 2.27 bits per heavy atom. The molecule has 0 aromatic heterocycles. The first-order valence-corrected chi connectivity index (χ1v) is 12.7. The van der Waals surface area contributed by atoms with Gasteiger partial charge in [-0.1, -0.05) is 19.1 Å². The molecule has 2 aliphatic carbocycles. The monoisotopic (exact) mass is 540 g/mol. The van der Waals surface area contributed by atoms with Gasteiger partial charge in [0.1, 0.15) is 29.3 Å². The molecule has 204 valence electrons. The van der Waals surface area contributed by atoms with Crippen molar-refractivity contribution >= 4 is 35.5 Å². The molecule has 2 saturated heterocycles. The summed E-state index contributed by atoms with van der Waals surface area (Å²) in [6.07, 6.45) is -0.658. The number of carbonyl (C=O) groups is 4. The SMILES string of the molecule is C=C1CCC(OC(C)=O)C2(C)C(OC(C)=O)C=CC3(CO3)C(Cl)C3OC(=O)C(C)C3(O)C(OC(C)=O)C12. The summed E-state index contributed by atoms with van der Waals surface area (Å²) in [6.45, 7) is 11.3. The van der Waals surface area contributed by atoms with Crippen LogP contribution in [0.3, 0.4) is 0 Å². The van der Waals surface area contributed by atoms with Crippen molar-refractivity contribution in [3.8, 4) is 0 Å². The highest BCUT2D eigenvalue weighted by Crippen LogP contribution is 2.57. The maximum atomic E-state index is 12.9. The highest BCUT2D eigenvalue weighted by Gasteiger charge is 2.72. The summed E-state index contributed by atoms with van der Waals surface area (Å²) < 4.78 is 28.6. The molecule has 4 aliphatic rings. The molecule has 1 saturated carbocycles.